The van der Waals surface area contributed by atoms with Gasteiger partial charge < -0.3 is 10.6 Å². The number of nitrogens with zero attached hydrogens (tertiary/aromatic N) is 3. The lowest BCUT2D eigenvalue weighted by Gasteiger charge is -2.20. The van der Waals surface area contributed by atoms with Gasteiger partial charge in [0.05, 0.1) is 4.92 Å². The molecule has 0 aliphatic carbocycles. The highest BCUT2D eigenvalue weighted by Gasteiger charge is 2.28. The quantitative estimate of drug-likeness (QED) is 0.472. The van der Waals surface area contributed by atoms with E-state index in [-0.39, 0.29) is 22.6 Å². The Bertz CT molecular complexity index is 516. The molecule has 2 N–H and O–H groups in total. The Labute approximate surface area is 117 Å². The second-order valence-electron chi connectivity index (χ2n) is 5.60. The summed E-state index contributed by atoms with van der Waals surface area (Å²) in [5, 5.41) is 20.8. The third-order valence-electron chi connectivity index (χ3n) is 2.65. The first-order valence-corrected chi connectivity index (χ1v) is 6.34. The fraction of sp³-hybridized carbons (Fsp3) is 0.667. The minimum Gasteiger partial charge on any atom is -0.349 e. The standard InChI is InChI=1S/C12H21N5O3/c1-8-9(17(19)20)10(16(5)15-8)11(18)13-6-7-14-12(2,3)4/h14H,6-7H2,1-5H3,(H,13,18). The van der Waals surface area contributed by atoms with Crippen LogP contribution in [0.25, 0.3) is 0 Å². The van der Waals surface area contributed by atoms with Crippen molar-refractivity contribution < 1.29 is 9.72 Å². The minimum atomic E-state index is -0.579. The van der Waals surface area contributed by atoms with Crippen LogP contribution in [-0.2, 0) is 7.05 Å². The van der Waals surface area contributed by atoms with Gasteiger partial charge in [-0.15, -0.1) is 0 Å². The summed E-state index contributed by atoms with van der Waals surface area (Å²) in [6.07, 6.45) is 0. The largest absolute Gasteiger partial charge is 0.349 e. The van der Waals surface area contributed by atoms with E-state index in [2.05, 4.69) is 15.7 Å². The number of rotatable bonds is 5. The molecule has 0 bridgehead atoms. The van der Waals surface area contributed by atoms with Crippen LogP contribution in [-0.4, -0.2) is 39.2 Å². The van der Waals surface area contributed by atoms with Crippen LogP contribution in [0.5, 0.6) is 0 Å². The third kappa shape index (κ3) is 4.02. The lowest BCUT2D eigenvalue weighted by molar-refractivity contribution is -0.385. The molecule has 1 rings (SSSR count). The van der Waals surface area contributed by atoms with Crippen LogP contribution in [0.4, 0.5) is 5.69 Å². The lowest BCUT2D eigenvalue weighted by Crippen LogP contribution is -2.41. The van der Waals surface area contributed by atoms with E-state index in [9.17, 15) is 14.9 Å². The molecule has 0 radical (unpaired) electrons. The van der Waals surface area contributed by atoms with E-state index in [1.54, 1.807) is 0 Å². The molecule has 0 aliphatic heterocycles. The van der Waals surface area contributed by atoms with Crippen LogP contribution >= 0.6 is 0 Å². The Kier molecular flexibility index (Phi) is 4.83. The topological polar surface area (TPSA) is 102 Å². The van der Waals surface area contributed by atoms with Gasteiger partial charge in [0, 0.05) is 25.7 Å². The molecule has 0 spiro atoms. The summed E-state index contributed by atoms with van der Waals surface area (Å²) in [4.78, 5) is 22.4. The Morgan fingerprint density at radius 1 is 1.40 bits per heavy atom. The molecule has 0 unspecified atom stereocenters. The smallest absolute Gasteiger partial charge is 0.322 e. The molecule has 1 aromatic rings. The summed E-state index contributed by atoms with van der Waals surface area (Å²) in [5.74, 6) is -0.490. The first-order valence-electron chi connectivity index (χ1n) is 6.34. The average Bonchev–Trinajstić information content (AvgIpc) is 2.58. The fourth-order valence-corrected chi connectivity index (χ4v) is 1.82. The summed E-state index contributed by atoms with van der Waals surface area (Å²) in [5.41, 5.74) is -0.0765. The first kappa shape index (κ1) is 16.1. The molecule has 8 heteroatoms. The number of carbonyl (C=O) groups excluding carboxylic acids is 1. The highest BCUT2D eigenvalue weighted by atomic mass is 16.6. The molecule has 0 atom stereocenters. The number of hydrogen-bond acceptors (Lipinski definition) is 5. The van der Waals surface area contributed by atoms with E-state index in [0.717, 1.165) is 0 Å². The van der Waals surface area contributed by atoms with E-state index in [1.165, 1.54) is 18.7 Å². The van der Waals surface area contributed by atoms with Crippen molar-refractivity contribution in [3.63, 3.8) is 0 Å². The Balaban J connectivity index is 2.71. The van der Waals surface area contributed by atoms with Crippen molar-refractivity contribution in [3.05, 3.63) is 21.5 Å². The molecule has 0 aliphatic rings. The van der Waals surface area contributed by atoms with Crippen molar-refractivity contribution >= 4 is 11.6 Å². The third-order valence-corrected chi connectivity index (χ3v) is 2.65. The summed E-state index contributed by atoms with van der Waals surface area (Å²) in [6, 6.07) is 0. The molecule has 8 nitrogen and oxygen atoms in total. The van der Waals surface area contributed by atoms with Gasteiger partial charge in [-0.2, -0.15) is 5.10 Å². The van der Waals surface area contributed by atoms with E-state index in [1.807, 2.05) is 20.8 Å². The molecule has 0 saturated carbocycles. The Morgan fingerprint density at radius 2 is 2.00 bits per heavy atom. The maximum Gasteiger partial charge on any atom is 0.322 e. The average molecular weight is 283 g/mol. The first-order chi connectivity index (χ1) is 9.13. The van der Waals surface area contributed by atoms with E-state index < -0.39 is 10.8 Å². The van der Waals surface area contributed by atoms with Crippen molar-refractivity contribution in [1.82, 2.24) is 20.4 Å². The second-order valence-corrected chi connectivity index (χ2v) is 5.60. The number of amides is 1. The normalized spacial score (nSPS) is 11.4. The summed E-state index contributed by atoms with van der Waals surface area (Å²) in [6.45, 7) is 8.53. The SMILES string of the molecule is Cc1nn(C)c(C(=O)NCCNC(C)(C)C)c1[N+](=O)[O-]. The zero-order valence-corrected chi connectivity index (χ0v) is 12.5. The van der Waals surface area contributed by atoms with Gasteiger partial charge in [0.25, 0.3) is 5.91 Å². The highest BCUT2D eigenvalue weighted by molar-refractivity contribution is 5.96. The molecule has 1 aromatic heterocycles. The molecule has 1 amide bonds. The van der Waals surface area contributed by atoms with Gasteiger partial charge >= 0.3 is 5.69 Å². The van der Waals surface area contributed by atoms with E-state index in [0.29, 0.717) is 13.1 Å². The summed E-state index contributed by atoms with van der Waals surface area (Å²) < 4.78 is 1.24. The molecule has 0 fully saturated rings. The Morgan fingerprint density at radius 3 is 2.50 bits per heavy atom. The van der Waals surface area contributed by atoms with Gasteiger partial charge in [-0.1, -0.05) is 0 Å². The summed E-state index contributed by atoms with van der Waals surface area (Å²) >= 11 is 0. The van der Waals surface area contributed by atoms with E-state index >= 15 is 0 Å². The van der Waals surface area contributed by atoms with Crippen molar-refractivity contribution in [1.29, 1.82) is 0 Å². The molecular formula is C12H21N5O3. The number of carbonyl (C=O) groups is 1. The second kappa shape index (κ2) is 6.00. The zero-order chi connectivity index (χ0) is 15.5. The maximum atomic E-state index is 12.0. The van der Waals surface area contributed by atoms with Gasteiger partial charge in [-0.05, 0) is 27.7 Å². The maximum absolute atomic E-state index is 12.0. The fourth-order valence-electron chi connectivity index (χ4n) is 1.82. The lowest BCUT2D eigenvalue weighted by atomic mass is 10.1. The molecule has 0 saturated heterocycles. The predicted molar refractivity (Wildman–Crippen MR) is 74.7 cm³/mol. The molecule has 112 valence electrons. The number of nitrogens with one attached hydrogen (secondary N) is 2. The zero-order valence-electron chi connectivity index (χ0n) is 12.5. The van der Waals surface area contributed by atoms with Crippen molar-refractivity contribution in [2.24, 2.45) is 7.05 Å². The van der Waals surface area contributed by atoms with E-state index in [4.69, 9.17) is 0 Å². The van der Waals surface area contributed by atoms with Crippen molar-refractivity contribution in [3.8, 4) is 0 Å². The van der Waals surface area contributed by atoms with Gasteiger partial charge in [-0.25, -0.2) is 0 Å². The van der Waals surface area contributed by atoms with Crippen LogP contribution < -0.4 is 10.6 Å². The number of aromatic nitrogens is 2. The monoisotopic (exact) mass is 283 g/mol. The van der Waals surface area contributed by atoms with Gasteiger partial charge in [0.15, 0.2) is 0 Å². The summed E-state index contributed by atoms with van der Waals surface area (Å²) in [7, 11) is 1.52. The van der Waals surface area contributed by atoms with Crippen molar-refractivity contribution in [2.45, 2.75) is 33.2 Å². The molecule has 1 heterocycles. The Hall–Kier alpha value is -1.96. The molecular weight excluding hydrogens is 262 g/mol. The van der Waals surface area contributed by atoms with Gasteiger partial charge in [0.2, 0.25) is 5.69 Å². The van der Waals surface area contributed by atoms with Crippen LogP contribution in [0.2, 0.25) is 0 Å². The number of hydrogen-bond donors (Lipinski definition) is 2. The van der Waals surface area contributed by atoms with Crippen LogP contribution in [0, 0.1) is 17.0 Å². The van der Waals surface area contributed by atoms with Crippen LogP contribution in [0.1, 0.15) is 37.0 Å². The molecule has 20 heavy (non-hydrogen) atoms. The van der Waals surface area contributed by atoms with Crippen molar-refractivity contribution in [2.75, 3.05) is 13.1 Å². The van der Waals surface area contributed by atoms with Gasteiger partial charge in [0.1, 0.15) is 5.69 Å². The van der Waals surface area contributed by atoms with Crippen LogP contribution in [0.15, 0.2) is 0 Å². The number of nitro groups is 1. The predicted octanol–water partition coefficient (Wildman–Crippen LogP) is 0.755. The minimum absolute atomic E-state index is 0.0248. The highest BCUT2D eigenvalue weighted by Crippen LogP contribution is 2.21. The number of aryl methyl sites for hydroxylation is 2. The van der Waals surface area contributed by atoms with Gasteiger partial charge in [-0.3, -0.25) is 19.6 Å². The molecule has 0 aromatic carbocycles. The van der Waals surface area contributed by atoms with Crippen LogP contribution in [0.3, 0.4) is 0 Å².